The van der Waals surface area contributed by atoms with Crippen LogP contribution in [0.2, 0.25) is 0 Å². The maximum atomic E-state index is 12.9. The lowest BCUT2D eigenvalue weighted by Gasteiger charge is -2.34. The number of benzene rings is 1. The molecule has 0 atom stereocenters. The number of anilines is 3. The highest BCUT2D eigenvalue weighted by atomic mass is 16.2. The summed E-state index contributed by atoms with van der Waals surface area (Å²) >= 11 is 0. The lowest BCUT2D eigenvalue weighted by Crippen LogP contribution is -2.48. The fraction of sp³-hybridized carbons (Fsp3) is 0.478. The van der Waals surface area contributed by atoms with E-state index in [4.69, 9.17) is 0 Å². The lowest BCUT2D eigenvalue weighted by atomic mass is 10.1. The van der Waals surface area contributed by atoms with Crippen LogP contribution in [0, 0.1) is 0 Å². The zero-order chi connectivity index (χ0) is 20.1. The van der Waals surface area contributed by atoms with Gasteiger partial charge in [-0.05, 0) is 62.2 Å². The minimum absolute atomic E-state index is 0.0895. The Morgan fingerprint density at radius 3 is 2.38 bits per heavy atom. The number of pyridine rings is 1. The smallest absolute Gasteiger partial charge is 0.254 e. The van der Waals surface area contributed by atoms with Gasteiger partial charge >= 0.3 is 0 Å². The molecule has 3 heterocycles. The molecule has 0 spiro atoms. The molecule has 4 rings (SSSR count). The minimum Gasteiger partial charge on any atom is -0.372 e. The molecule has 2 aliphatic rings. The van der Waals surface area contributed by atoms with Gasteiger partial charge in [0.2, 0.25) is 0 Å². The molecule has 0 aliphatic carbocycles. The summed E-state index contributed by atoms with van der Waals surface area (Å²) in [6.07, 6.45) is 5.60. The molecule has 0 bridgehead atoms. The first-order valence-corrected chi connectivity index (χ1v) is 10.8. The molecule has 2 fully saturated rings. The van der Waals surface area contributed by atoms with E-state index in [1.807, 2.05) is 11.0 Å². The first kappa shape index (κ1) is 19.7. The summed E-state index contributed by atoms with van der Waals surface area (Å²) in [5.74, 6) is 0.792. The van der Waals surface area contributed by atoms with Gasteiger partial charge in [-0.15, -0.1) is 0 Å². The minimum atomic E-state index is 0.0895. The van der Waals surface area contributed by atoms with Crippen molar-refractivity contribution >= 4 is 23.1 Å². The van der Waals surface area contributed by atoms with Crippen molar-refractivity contribution in [2.24, 2.45) is 0 Å². The molecular weight excluding hydrogens is 362 g/mol. The standard InChI is InChI=1S/C23H31N5O/c1-2-26-14-16-28(17-15-26)23(29)19-10-11-24-22(18-19)25-20-6-8-21(9-7-20)27-12-4-3-5-13-27/h6-11,18H,2-5,12-17H2,1H3,(H,24,25). The molecule has 29 heavy (non-hydrogen) atoms. The number of hydrogen-bond acceptors (Lipinski definition) is 5. The monoisotopic (exact) mass is 393 g/mol. The number of amides is 1. The van der Waals surface area contributed by atoms with Gasteiger partial charge in [0.1, 0.15) is 5.82 Å². The SMILES string of the molecule is CCN1CCN(C(=O)c2ccnc(Nc3ccc(N4CCCCC4)cc3)c2)CC1. The molecule has 0 saturated carbocycles. The van der Waals surface area contributed by atoms with E-state index < -0.39 is 0 Å². The number of carbonyl (C=O) groups excluding carboxylic acids is 1. The van der Waals surface area contributed by atoms with E-state index in [9.17, 15) is 4.79 Å². The van der Waals surface area contributed by atoms with E-state index >= 15 is 0 Å². The highest BCUT2D eigenvalue weighted by molar-refractivity contribution is 5.95. The topological polar surface area (TPSA) is 51.7 Å². The second-order valence-corrected chi connectivity index (χ2v) is 7.88. The van der Waals surface area contributed by atoms with Crippen molar-refractivity contribution in [2.45, 2.75) is 26.2 Å². The number of piperazine rings is 1. The molecule has 2 saturated heterocycles. The molecule has 1 aromatic carbocycles. The van der Waals surface area contributed by atoms with E-state index in [0.717, 1.165) is 51.5 Å². The Hall–Kier alpha value is -2.60. The number of aromatic nitrogens is 1. The number of piperidine rings is 1. The van der Waals surface area contributed by atoms with Crippen LogP contribution in [-0.2, 0) is 0 Å². The molecule has 2 aliphatic heterocycles. The van der Waals surface area contributed by atoms with Crippen molar-refractivity contribution < 1.29 is 4.79 Å². The van der Waals surface area contributed by atoms with Gasteiger partial charge in [-0.25, -0.2) is 4.98 Å². The first-order valence-electron chi connectivity index (χ1n) is 10.8. The van der Waals surface area contributed by atoms with Gasteiger partial charge < -0.3 is 20.0 Å². The van der Waals surface area contributed by atoms with Gasteiger partial charge in [0.05, 0.1) is 0 Å². The Balaban J connectivity index is 1.39. The van der Waals surface area contributed by atoms with Crippen molar-refractivity contribution in [2.75, 3.05) is 56.0 Å². The van der Waals surface area contributed by atoms with Crippen molar-refractivity contribution in [3.63, 3.8) is 0 Å². The number of nitrogens with zero attached hydrogens (tertiary/aromatic N) is 4. The van der Waals surface area contributed by atoms with Crippen LogP contribution in [-0.4, -0.2) is 66.5 Å². The fourth-order valence-corrected chi connectivity index (χ4v) is 4.14. The summed E-state index contributed by atoms with van der Waals surface area (Å²) in [7, 11) is 0. The molecule has 1 N–H and O–H groups in total. The number of carbonyl (C=O) groups is 1. The summed E-state index contributed by atoms with van der Waals surface area (Å²) in [5, 5.41) is 3.34. The van der Waals surface area contributed by atoms with Crippen molar-refractivity contribution in [1.82, 2.24) is 14.8 Å². The number of rotatable bonds is 5. The molecule has 6 nitrogen and oxygen atoms in total. The average Bonchev–Trinajstić information content (AvgIpc) is 2.80. The maximum absolute atomic E-state index is 12.9. The van der Waals surface area contributed by atoms with Crippen LogP contribution < -0.4 is 10.2 Å². The largest absolute Gasteiger partial charge is 0.372 e. The Kier molecular flexibility index (Phi) is 6.30. The van der Waals surface area contributed by atoms with Crippen LogP contribution in [0.25, 0.3) is 0 Å². The fourth-order valence-electron chi connectivity index (χ4n) is 4.14. The Morgan fingerprint density at radius 2 is 1.69 bits per heavy atom. The van der Waals surface area contributed by atoms with Crippen molar-refractivity contribution in [1.29, 1.82) is 0 Å². The summed E-state index contributed by atoms with van der Waals surface area (Å²) < 4.78 is 0. The molecule has 1 aromatic heterocycles. The number of likely N-dealkylation sites (N-methyl/N-ethyl adjacent to an activating group) is 1. The van der Waals surface area contributed by atoms with E-state index in [1.54, 1.807) is 12.3 Å². The van der Waals surface area contributed by atoms with Gasteiger partial charge in [-0.1, -0.05) is 6.92 Å². The van der Waals surface area contributed by atoms with Gasteiger partial charge in [-0.3, -0.25) is 4.79 Å². The molecule has 1 amide bonds. The summed E-state index contributed by atoms with van der Waals surface area (Å²) in [4.78, 5) is 24.0. The van der Waals surface area contributed by atoms with E-state index in [-0.39, 0.29) is 5.91 Å². The van der Waals surface area contributed by atoms with Crippen LogP contribution in [0.5, 0.6) is 0 Å². The molecule has 6 heteroatoms. The quantitative estimate of drug-likeness (QED) is 0.841. The normalized spacial score (nSPS) is 18.0. The van der Waals surface area contributed by atoms with Crippen LogP contribution in [0.1, 0.15) is 36.5 Å². The summed E-state index contributed by atoms with van der Waals surface area (Å²) in [6, 6.07) is 12.2. The van der Waals surface area contributed by atoms with Crippen molar-refractivity contribution in [3.05, 3.63) is 48.2 Å². The molecular formula is C23H31N5O. The van der Waals surface area contributed by atoms with Gasteiger partial charge in [-0.2, -0.15) is 0 Å². The van der Waals surface area contributed by atoms with Crippen LogP contribution >= 0.6 is 0 Å². The van der Waals surface area contributed by atoms with Crippen LogP contribution in [0.15, 0.2) is 42.6 Å². The second kappa shape index (κ2) is 9.27. The van der Waals surface area contributed by atoms with E-state index in [2.05, 4.69) is 51.3 Å². The summed E-state index contributed by atoms with van der Waals surface area (Å²) in [6.45, 7) is 8.96. The third-order valence-corrected chi connectivity index (χ3v) is 5.97. The summed E-state index contributed by atoms with van der Waals surface area (Å²) in [5.41, 5.74) is 2.95. The maximum Gasteiger partial charge on any atom is 0.254 e. The van der Waals surface area contributed by atoms with Crippen LogP contribution in [0.3, 0.4) is 0 Å². The van der Waals surface area contributed by atoms with Crippen LogP contribution in [0.4, 0.5) is 17.2 Å². The molecule has 0 unspecified atom stereocenters. The average molecular weight is 394 g/mol. The van der Waals surface area contributed by atoms with Gasteiger partial charge in [0, 0.05) is 62.4 Å². The van der Waals surface area contributed by atoms with E-state index in [1.165, 1.54) is 24.9 Å². The third kappa shape index (κ3) is 4.88. The Labute approximate surface area is 173 Å². The zero-order valence-corrected chi connectivity index (χ0v) is 17.3. The number of hydrogen-bond donors (Lipinski definition) is 1. The Bertz CT molecular complexity index is 808. The predicted octanol–water partition coefficient (Wildman–Crippen LogP) is 3.59. The third-order valence-electron chi connectivity index (χ3n) is 5.97. The first-order chi connectivity index (χ1) is 14.2. The zero-order valence-electron chi connectivity index (χ0n) is 17.3. The highest BCUT2D eigenvalue weighted by Gasteiger charge is 2.21. The van der Waals surface area contributed by atoms with E-state index in [0.29, 0.717) is 11.4 Å². The van der Waals surface area contributed by atoms with Gasteiger partial charge in [0.25, 0.3) is 5.91 Å². The number of nitrogens with one attached hydrogen (secondary N) is 1. The molecule has 0 radical (unpaired) electrons. The lowest BCUT2D eigenvalue weighted by molar-refractivity contribution is 0.0643. The Morgan fingerprint density at radius 1 is 0.966 bits per heavy atom. The highest BCUT2D eigenvalue weighted by Crippen LogP contribution is 2.23. The molecule has 2 aromatic rings. The predicted molar refractivity (Wildman–Crippen MR) is 118 cm³/mol. The van der Waals surface area contributed by atoms with Crippen molar-refractivity contribution in [3.8, 4) is 0 Å². The molecule has 154 valence electrons. The van der Waals surface area contributed by atoms with Gasteiger partial charge in [0.15, 0.2) is 0 Å². The second-order valence-electron chi connectivity index (χ2n) is 7.88.